The molecule has 2 rings (SSSR count). The van der Waals surface area contributed by atoms with Crippen molar-refractivity contribution in [2.45, 2.75) is 25.4 Å². The zero-order valence-corrected chi connectivity index (χ0v) is 8.82. The molecule has 1 aliphatic heterocycles. The summed E-state index contributed by atoms with van der Waals surface area (Å²) in [5, 5.41) is 11.2. The van der Waals surface area contributed by atoms with E-state index in [1.807, 2.05) is 18.7 Å². The fraction of sp³-hybridized carbons (Fsp3) is 0.778. The lowest BCUT2D eigenvalue weighted by atomic mass is 10.1. The van der Waals surface area contributed by atoms with Gasteiger partial charge in [-0.25, -0.2) is 0 Å². The van der Waals surface area contributed by atoms with Gasteiger partial charge in [0.15, 0.2) is 0 Å². The van der Waals surface area contributed by atoms with Gasteiger partial charge >= 0.3 is 0 Å². The standard InChI is InChI=1S/C9H16N4O/c1-6-4-7(5-14-6)8-11-12-9(10-2)13(8)3/h6-7H,4-5H2,1-3H3,(H,10,12). The first-order valence-corrected chi connectivity index (χ1v) is 4.91. The molecule has 0 aliphatic carbocycles. The average Bonchev–Trinajstić information content (AvgIpc) is 2.72. The number of nitrogens with one attached hydrogen (secondary N) is 1. The molecule has 78 valence electrons. The monoisotopic (exact) mass is 196 g/mol. The Morgan fingerprint density at radius 3 is 2.79 bits per heavy atom. The fourth-order valence-corrected chi connectivity index (χ4v) is 1.91. The molecule has 1 N–H and O–H groups in total. The minimum atomic E-state index is 0.342. The molecule has 1 aromatic rings. The van der Waals surface area contributed by atoms with E-state index in [9.17, 15) is 0 Å². The van der Waals surface area contributed by atoms with Gasteiger partial charge in [-0.3, -0.25) is 0 Å². The van der Waals surface area contributed by atoms with Crippen molar-refractivity contribution in [1.82, 2.24) is 14.8 Å². The van der Waals surface area contributed by atoms with Gasteiger partial charge in [-0.2, -0.15) is 0 Å². The molecular weight excluding hydrogens is 180 g/mol. The average molecular weight is 196 g/mol. The molecule has 1 aliphatic rings. The van der Waals surface area contributed by atoms with Gasteiger partial charge in [-0.1, -0.05) is 0 Å². The molecule has 1 saturated heterocycles. The minimum Gasteiger partial charge on any atom is -0.378 e. The molecule has 0 aromatic carbocycles. The lowest BCUT2D eigenvalue weighted by Gasteiger charge is -2.07. The Morgan fingerprint density at radius 1 is 1.50 bits per heavy atom. The molecule has 1 aromatic heterocycles. The van der Waals surface area contributed by atoms with Crippen molar-refractivity contribution in [2.75, 3.05) is 19.0 Å². The Bertz CT molecular complexity index is 323. The number of aromatic nitrogens is 3. The molecule has 14 heavy (non-hydrogen) atoms. The zero-order chi connectivity index (χ0) is 10.1. The molecule has 0 bridgehead atoms. The quantitative estimate of drug-likeness (QED) is 0.758. The number of ether oxygens (including phenoxy) is 1. The summed E-state index contributed by atoms with van der Waals surface area (Å²) in [6, 6.07) is 0. The smallest absolute Gasteiger partial charge is 0.224 e. The maximum Gasteiger partial charge on any atom is 0.224 e. The largest absolute Gasteiger partial charge is 0.378 e. The van der Waals surface area contributed by atoms with Crippen molar-refractivity contribution in [3.63, 3.8) is 0 Å². The lowest BCUT2D eigenvalue weighted by molar-refractivity contribution is 0.123. The second kappa shape index (κ2) is 3.57. The molecule has 1 fully saturated rings. The normalized spacial score (nSPS) is 26.8. The van der Waals surface area contributed by atoms with Gasteiger partial charge in [0.2, 0.25) is 5.95 Å². The first kappa shape index (κ1) is 9.45. The van der Waals surface area contributed by atoms with E-state index in [1.165, 1.54) is 0 Å². The Hall–Kier alpha value is -1.10. The molecule has 0 spiro atoms. The molecule has 0 saturated carbocycles. The van der Waals surface area contributed by atoms with Crippen molar-refractivity contribution in [3.8, 4) is 0 Å². The van der Waals surface area contributed by atoms with Crippen LogP contribution in [0.4, 0.5) is 5.95 Å². The summed E-state index contributed by atoms with van der Waals surface area (Å²) in [6.45, 7) is 2.85. The maximum absolute atomic E-state index is 5.52. The molecule has 2 atom stereocenters. The van der Waals surface area contributed by atoms with Crippen LogP contribution in [-0.2, 0) is 11.8 Å². The van der Waals surface area contributed by atoms with E-state index < -0.39 is 0 Å². The second-order valence-corrected chi connectivity index (χ2v) is 3.77. The Kier molecular flexibility index (Phi) is 2.41. The molecule has 5 nitrogen and oxygen atoms in total. The summed E-state index contributed by atoms with van der Waals surface area (Å²) >= 11 is 0. The number of anilines is 1. The van der Waals surface area contributed by atoms with Crippen LogP contribution in [-0.4, -0.2) is 34.5 Å². The Balaban J connectivity index is 2.20. The van der Waals surface area contributed by atoms with E-state index in [0.717, 1.165) is 24.8 Å². The number of rotatable bonds is 2. The Morgan fingerprint density at radius 2 is 2.29 bits per heavy atom. The summed E-state index contributed by atoms with van der Waals surface area (Å²) in [5.74, 6) is 2.21. The predicted molar refractivity (Wildman–Crippen MR) is 53.3 cm³/mol. The first-order valence-electron chi connectivity index (χ1n) is 4.91. The summed E-state index contributed by atoms with van der Waals surface area (Å²) in [6.07, 6.45) is 1.38. The molecule has 2 unspecified atom stereocenters. The molecular formula is C9H16N4O. The van der Waals surface area contributed by atoms with Gasteiger partial charge in [0, 0.05) is 20.0 Å². The molecule has 5 heteroatoms. The van der Waals surface area contributed by atoms with Gasteiger partial charge in [0.05, 0.1) is 12.7 Å². The number of hydrogen-bond donors (Lipinski definition) is 1. The van der Waals surface area contributed by atoms with Gasteiger partial charge < -0.3 is 14.6 Å². The lowest BCUT2D eigenvalue weighted by Crippen LogP contribution is -2.08. The van der Waals surface area contributed by atoms with E-state index in [1.54, 1.807) is 0 Å². The van der Waals surface area contributed by atoms with Crippen LogP contribution in [0.5, 0.6) is 0 Å². The van der Waals surface area contributed by atoms with Crippen LogP contribution in [0.25, 0.3) is 0 Å². The van der Waals surface area contributed by atoms with Crippen LogP contribution in [0.15, 0.2) is 0 Å². The van der Waals surface area contributed by atoms with Crippen LogP contribution >= 0.6 is 0 Å². The van der Waals surface area contributed by atoms with Crippen LogP contribution in [0.2, 0.25) is 0 Å². The van der Waals surface area contributed by atoms with Gasteiger partial charge in [0.1, 0.15) is 5.82 Å². The van der Waals surface area contributed by atoms with E-state index in [0.29, 0.717) is 12.0 Å². The van der Waals surface area contributed by atoms with Crippen molar-refractivity contribution in [1.29, 1.82) is 0 Å². The topological polar surface area (TPSA) is 52.0 Å². The number of nitrogens with zero attached hydrogens (tertiary/aromatic N) is 3. The summed E-state index contributed by atoms with van der Waals surface area (Å²) in [4.78, 5) is 0. The van der Waals surface area contributed by atoms with Crippen LogP contribution in [0, 0.1) is 0 Å². The van der Waals surface area contributed by atoms with Gasteiger partial charge in [-0.15, -0.1) is 10.2 Å². The minimum absolute atomic E-state index is 0.342. The van der Waals surface area contributed by atoms with E-state index >= 15 is 0 Å². The predicted octanol–water partition coefficient (Wildman–Crippen LogP) is 0.749. The van der Waals surface area contributed by atoms with Crippen molar-refractivity contribution in [2.24, 2.45) is 7.05 Å². The second-order valence-electron chi connectivity index (χ2n) is 3.77. The number of hydrogen-bond acceptors (Lipinski definition) is 4. The summed E-state index contributed by atoms with van der Waals surface area (Å²) in [5.41, 5.74) is 0. The van der Waals surface area contributed by atoms with E-state index in [2.05, 4.69) is 22.4 Å². The van der Waals surface area contributed by atoms with Gasteiger partial charge in [0.25, 0.3) is 0 Å². The van der Waals surface area contributed by atoms with E-state index in [-0.39, 0.29) is 0 Å². The highest BCUT2D eigenvalue weighted by Gasteiger charge is 2.27. The third kappa shape index (κ3) is 1.48. The SMILES string of the molecule is CNc1nnc(C2COC(C)C2)n1C. The van der Waals surface area contributed by atoms with Crippen molar-refractivity contribution in [3.05, 3.63) is 5.82 Å². The van der Waals surface area contributed by atoms with Crippen LogP contribution in [0.3, 0.4) is 0 Å². The first-order chi connectivity index (χ1) is 6.72. The Labute approximate surface area is 83.5 Å². The molecule has 0 amide bonds. The van der Waals surface area contributed by atoms with Crippen molar-refractivity contribution >= 4 is 5.95 Å². The zero-order valence-electron chi connectivity index (χ0n) is 8.82. The highest BCUT2D eigenvalue weighted by atomic mass is 16.5. The third-order valence-electron chi connectivity index (χ3n) is 2.70. The van der Waals surface area contributed by atoms with Crippen molar-refractivity contribution < 1.29 is 4.74 Å². The molecule has 2 heterocycles. The van der Waals surface area contributed by atoms with Crippen LogP contribution < -0.4 is 5.32 Å². The van der Waals surface area contributed by atoms with Gasteiger partial charge in [-0.05, 0) is 13.3 Å². The molecule has 0 radical (unpaired) electrons. The van der Waals surface area contributed by atoms with E-state index in [4.69, 9.17) is 4.74 Å². The summed E-state index contributed by atoms with van der Waals surface area (Å²) < 4.78 is 7.51. The van der Waals surface area contributed by atoms with Crippen LogP contribution in [0.1, 0.15) is 25.1 Å². The summed E-state index contributed by atoms with van der Waals surface area (Å²) in [7, 11) is 3.83. The fourth-order valence-electron chi connectivity index (χ4n) is 1.91. The maximum atomic E-state index is 5.52. The highest BCUT2D eigenvalue weighted by molar-refractivity contribution is 5.25. The third-order valence-corrected chi connectivity index (χ3v) is 2.70. The highest BCUT2D eigenvalue weighted by Crippen LogP contribution is 2.28.